The molecule has 4 nitrogen and oxygen atoms in total. The first kappa shape index (κ1) is 15.4. The van der Waals surface area contributed by atoms with Crippen LogP contribution in [0.1, 0.15) is 0 Å². The van der Waals surface area contributed by atoms with Crippen molar-refractivity contribution in [1.29, 1.82) is 0 Å². The van der Waals surface area contributed by atoms with Gasteiger partial charge in [0.25, 0.3) is 0 Å². The first-order valence-electron chi connectivity index (χ1n) is 6.68. The Balaban J connectivity index is 1.78. The second-order valence-corrected chi connectivity index (χ2v) is 5.56. The summed E-state index contributed by atoms with van der Waals surface area (Å²) in [6, 6.07) is 12.5. The summed E-state index contributed by atoms with van der Waals surface area (Å²) < 4.78 is 27.5. The standard InChI is InChI=1S/C16H11BrF2N4/c17-10-1-4-12(5-2-10)21-15-7-8-20-16(23-15)22-14-6-3-11(18)9-13(14)19/h1-9H,(H2,20,21,22,23). The van der Waals surface area contributed by atoms with Crippen molar-refractivity contribution in [3.05, 3.63) is 70.8 Å². The van der Waals surface area contributed by atoms with E-state index in [1.54, 1.807) is 6.07 Å². The van der Waals surface area contributed by atoms with Gasteiger partial charge in [0.15, 0.2) is 0 Å². The number of aromatic nitrogens is 2. The van der Waals surface area contributed by atoms with Crippen molar-refractivity contribution >= 4 is 39.1 Å². The fourth-order valence-corrected chi connectivity index (χ4v) is 2.15. The van der Waals surface area contributed by atoms with Crippen LogP contribution in [0.5, 0.6) is 0 Å². The molecule has 0 amide bonds. The maximum absolute atomic E-state index is 13.6. The molecule has 0 radical (unpaired) electrons. The number of rotatable bonds is 4. The van der Waals surface area contributed by atoms with E-state index >= 15 is 0 Å². The zero-order chi connectivity index (χ0) is 16.2. The summed E-state index contributed by atoms with van der Waals surface area (Å²) >= 11 is 3.37. The van der Waals surface area contributed by atoms with E-state index in [1.165, 1.54) is 12.3 Å². The summed E-state index contributed by atoms with van der Waals surface area (Å²) in [5.41, 5.74) is 0.956. The number of anilines is 4. The molecule has 0 aliphatic heterocycles. The lowest BCUT2D eigenvalue weighted by Gasteiger charge is -2.09. The quantitative estimate of drug-likeness (QED) is 0.672. The summed E-state index contributed by atoms with van der Waals surface area (Å²) in [6.45, 7) is 0. The zero-order valence-electron chi connectivity index (χ0n) is 11.7. The van der Waals surface area contributed by atoms with Gasteiger partial charge in [0, 0.05) is 22.4 Å². The Morgan fingerprint density at radius 1 is 0.913 bits per heavy atom. The number of hydrogen-bond acceptors (Lipinski definition) is 4. The van der Waals surface area contributed by atoms with Gasteiger partial charge in [-0.1, -0.05) is 15.9 Å². The third-order valence-electron chi connectivity index (χ3n) is 2.95. The highest BCUT2D eigenvalue weighted by Gasteiger charge is 2.06. The van der Waals surface area contributed by atoms with E-state index in [4.69, 9.17) is 0 Å². The number of hydrogen-bond donors (Lipinski definition) is 2. The van der Waals surface area contributed by atoms with Gasteiger partial charge in [-0.05, 0) is 42.5 Å². The maximum atomic E-state index is 13.6. The maximum Gasteiger partial charge on any atom is 0.229 e. The van der Waals surface area contributed by atoms with Gasteiger partial charge < -0.3 is 10.6 Å². The Bertz CT molecular complexity index is 825. The topological polar surface area (TPSA) is 49.8 Å². The molecule has 7 heteroatoms. The molecular weight excluding hydrogens is 366 g/mol. The highest BCUT2D eigenvalue weighted by molar-refractivity contribution is 9.10. The summed E-state index contributed by atoms with van der Waals surface area (Å²) in [4.78, 5) is 8.27. The van der Waals surface area contributed by atoms with Gasteiger partial charge in [-0.15, -0.1) is 0 Å². The van der Waals surface area contributed by atoms with E-state index in [0.29, 0.717) is 5.82 Å². The smallest absolute Gasteiger partial charge is 0.229 e. The average Bonchev–Trinajstić information content (AvgIpc) is 2.53. The van der Waals surface area contributed by atoms with Gasteiger partial charge in [0.05, 0.1) is 5.69 Å². The van der Waals surface area contributed by atoms with Gasteiger partial charge in [0.1, 0.15) is 17.5 Å². The SMILES string of the molecule is Fc1ccc(Nc2nccc(Nc3ccc(Br)cc3)n2)c(F)c1. The van der Waals surface area contributed by atoms with Crippen molar-refractivity contribution in [2.75, 3.05) is 10.6 Å². The Hall–Kier alpha value is -2.54. The van der Waals surface area contributed by atoms with Crippen LogP contribution in [0.15, 0.2) is 59.2 Å². The minimum atomic E-state index is -0.708. The number of nitrogens with one attached hydrogen (secondary N) is 2. The first-order valence-corrected chi connectivity index (χ1v) is 7.47. The summed E-state index contributed by atoms with van der Waals surface area (Å²) in [5, 5.41) is 5.84. The molecule has 1 aromatic heterocycles. The van der Waals surface area contributed by atoms with Gasteiger partial charge >= 0.3 is 0 Å². The predicted molar refractivity (Wildman–Crippen MR) is 89.1 cm³/mol. The van der Waals surface area contributed by atoms with E-state index in [1.807, 2.05) is 24.3 Å². The van der Waals surface area contributed by atoms with Crippen LogP contribution < -0.4 is 10.6 Å². The molecule has 0 saturated carbocycles. The fraction of sp³-hybridized carbons (Fsp3) is 0. The van der Waals surface area contributed by atoms with Crippen LogP contribution >= 0.6 is 15.9 Å². The van der Waals surface area contributed by atoms with Crippen molar-refractivity contribution in [1.82, 2.24) is 9.97 Å². The third kappa shape index (κ3) is 4.01. The Labute approximate surface area is 139 Å². The fourth-order valence-electron chi connectivity index (χ4n) is 1.88. The van der Waals surface area contributed by atoms with E-state index in [2.05, 4.69) is 36.5 Å². The van der Waals surface area contributed by atoms with Crippen LogP contribution in [0.3, 0.4) is 0 Å². The van der Waals surface area contributed by atoms with Gasteiger partial charge in [0.2, 0.25) is 5.95 Å². The third-order valence-corrected chi connectivity index (χ3v) is 3.48. The van der Waals surface area contributed by atoms with Crippen molar-refractivity contribution in [3.63, 3.8) is 0 Å². The first-order chi connectivity index (χ1) is 11.1. The van der Waals surface area contributed by atoms with Crippen LogP contribution in [0.4, 0.5) is 31.9 Å². The number of halogens is 3. The van der Waals surface area contributed by atoms with Crippen molar-refractivity contribution < 1.29 is 8.78 Å². The molecule has 0 bridgehead atoms. The van der Waals surface area contributed by atoms with E-state index < -0.39 is 11.6 Å². The molecule has 0 aliphatic carbocycles. The van der Waals surface area contributed by atoms with Crippen molar-refractivity contribution in [2.45, 2.75) is 0 Å². The monoisotopic (exact) mass is 376 g/mol. The molecule has 0 aliphatic rings. The highest BCUT2D eigenvalue weighted by Crippen LogP contribution is 2.21. The summed E-state index contributed by atoms with van der Waals surface area (Å²) in [5.74, 6) is -0.593. The van der Waals surface area contributed by atoms with Gasteiger partial charge in [-0.25, -0.2) is 13.8 Å². The normalized spacial score (nSPS) is 10.4. The minimum Gasteiger partial charge on any atom is -0.340 e. The molecule has 2 aromatic carbocycles. The van der Waals surface area contributed by atoms with Crippen molar-refractivity contribution in [3.8, 4) is 0 Å². The Morgan fingerprint density at radius 2 is 1.70 bits per heavy atom. The average molecular weight is 377 g/mol. The van der Waals surface area contributed by atoms with Gasteiger partial charge in [-0.2, -0.15) is 4.98 Å². The van der Waals surface area contributed by atoms with Crippen LogP contribution in [-0.4, -0.2) is 9.97 Å². The lowest BCUT2D eigenvalue weighted by molar-refractivity contribution is 0.586. The van der Waals surface area contributed by atoms with E-state index in [0.717, 1.165) is 22.3 Å². The molecule has 116 valence electrons. The number of benzene rings is 2. The molecule has 23 heavy (non-hydrogen) atoms. The Kier molecular flexibility index (Phi) is 4.47. The second-order valence-electron chi connectivity index (χ2n) is 4.65. The molecule has 3 rings (SSSR count). The van der Waals surface area contributed by atoms with Gasteiger partial charge in [-0.3, -0.25) is 0 Å². The van der Waals surface area contributed by atoms with Crippen LogP contribution in [0.2, 0.25) is 0 Å². The molecule has 0 saturated heterocycles. The molecule has 0 fully saturated rings. The number of nitrogens with zero attached hydrogens (tertiary/aromatic N) is 2. The lowest BCUT2D eigenvalue weighted by atomic mass is 10.3. The Morgan fingerprint density at radius 3 is 2.43 bits per heavy atom. The lowest BCUT2D eigenvalue weighted by Crippen LogP contribution is -2.01. The molecule has 0 unspecified atom stereocenters. The predicted octanol–water partition coefficient (Wildman–Crippen LogP) is 5.00. The minimum absolute atomic E-state index is 0.104. The zero-order valence-corrected chi connectivity index (χ0v) is 13.3. The van der Waals surface area contributed by atoms with Crippen LogP contribution in [-0.2, 0) is 0 Å². The van der Waals surface area contributed by atoms with Crippen LogP contribution in [0.25, 0.3) is 0 Å². The summed E-state index contributed by atoms with van der Waals surface area (Å²) in [7, 11) is 0. The molecule has 2 N–H and O–H groups in total. The largest absolute Gasteiger partial charge is 0.340 e. The highest BCUT2D eigenvalue weighted by atomic mass is 79.9. The molecular formula is C16H11BrF2N4. The molecule has 3 aromatic rings. The van der Waals surface area contributed by atoms with E-state index in [-0.39, 0.29) is 11.6 Å². The summed E-state index contributed by atoms with van der Waals surface area (Å²) in [6.07, 6.45) is 1.54. The second kappa shape index (κ2) is 6.70. The van der Waals surface area contributed by atoms with Crippen molar-refractivity contribution in [2.24, 2.45) is 0 Å². The molecule has 1 heterocycles. The molecule has 0 spiro atoms. The molecule has 0 atom stereocenters. The van der Waals surface area contributed by atoms with E-state index in [9.17, 15) is 8.78 Å². The van der Waals surface area contributed by atoms with Crippen LogP contribution in [0, 0.1) is 11.6 Å².